The van der Waals surface area contributed by atoms with Gasteiger partial charge in [0.25, 0.3) is 0 Å². The lowest BCUT2D eigenvalue weighted by Gasteiger charge is -2.28. The standard InChI is InChI=1S/C56H68N4O11S/c1-6-51(61)66-29-11-9-8-10-28-65-46-22-24-47(25-23-46)71-55(64)44-20-16-41(17-21-44)36-69-48-26-27-50(70-37-42-14-18-43(19-15-42)54(63)68-31-13-12-30-67-52(62)7-2)45(34-48)35-58-60(38-57-5)56-59-49-33-39(3)32-40(4)53(49)72-56/h6-7,22-27,32-35,41-44H,1-2,8-21,28-31,36-38H2,3-4H3/b58-35+. The predicted molar refractivity (Wildman–Crippen MR) is 278 cm³/mol. The van der Waals surface area contributed by atoms with E-state index in [-0.39, 0.29) is 48.9 Å². The largest absolute Gasteiger partial charge is 0.494 e. The molecule has 16 heteroatoms. The fourth-order valence-corrected chi connectivity index (χ4v) is 9.70. The minimum absolute atomic E-state index is 0.0167. The molecule has 2 fully saturated rings. The Hall–Kier alpha value is -6.73. The van der Waals surface area contributed by atoms with Crippen LogP contribution in [0.4, 0.5) is 5.13 Å². The summed E-state index contributed by atoms with van der Waals surface area (Å²) in [4.78, 5) is 56.8. The van der Waals surface area contributed by atoms with Gasteiger partial charge in [-0.3, -0.25) is 14.4 Å². The molecule has 15 nitrogen and oxygen atoms in total. The van der Waals surface area contributed by atoms with Crippen molar-refractivity contribution in [3.05, 3.63) is 108 Å². The van der Waals surface area contributed by atoms with Crippen molar-refractivity contribution in [3.8, 4) is 23.0 Å². The number of fused-ring (bicyclic) bond motifs is 1. The van der Waals surface area contributed by atoms with Gasteiger partial charge in [-0.05, 0) is 175 Å². The first kappa shape index (κ1) is 54.6. The number of anilines is 1. The van der Waals surface area contributed by atoms with Crippen LogP contribution in [0.5, 0.6) is 23.0 Å². The van der Waals surface area contributed by atoms with E-state index in [9.17, 15) is 19.2 Å². The van der Waals surface area contributed by atoms with Crippen LogP contribution in [0.15, 0.2) is 85.0 Å². The van der Waals surface area contributed by atoms with E-state index in [0.29, 0.717) is 105 Å². The van der Waals surface area contributed by atoms with Gasteiger partial charge in [-0.2, -0.15) is 10.1 Å². The Bertz CT molecular complexity index is 2500. The van der Waals surface area contributed by atoms with Crippen molar-refractivity contribution in [2.24, 2.45) is 28.8 Å². The average Bonchev–Trinajstić information content (AvgIpc) is 3.83. The lowest BCUT2D eigenvalue weighted by Crippen LogP contribution is -2.27. The molecule has 0 N–H and O–H groups in total. The SMILES string of the molecule is [C-]#[N+]CN(/N=C/c1cc(OCC2CCC(C(=O)Oc3ccc(OCCCCCCOC(=O)C=C)cc3)CC2)ccc1OCC1CCC(C(=O)OCCCCOC(=O)C=C)CC1)c1nc2cc(C)cc(C)c2s1. The number of hydrogen-bond acceptors (Lipinski definition) is 15. The van der Waals surface area contributed by atoms with Gasteiger partial charge >= 0.3 is 30.5 Å². The van der Waals surface area contributed by atoms with Crippen molar-refractivity contribution < 1.29 is 52.3 Å². The Morgan fingerprint density at radius 1 is 0.694 bits per heavy atom. The quantitative estimate of drug-likeness (QED) is 0.00772. The molecule has 0 radical (unpaired) electrons. The van der Waals surface area contributed by atoms with Gasteiger partial charge < -0.3 is 33.2 Å². The third-order valence-corrected chi connectivity index (χ3v) is 14.0. The summed E-state index contributed by atoms with van der Waals surface area (Å²) in [6, 6.07) is 17.0. The lowest BCUT2D eigenvalue weighted by atomic mass is 9.82. The number of ether oxygens (including phenoxy) is 7. The van der Waals surface area contributed by atoms with E-state index in [4.69, 9.17) is 49.8 Å². The number of carbonyl (C=O) groups excluding carboxylic acids is 4. The highest BCUT2D eigenvalue weighted by Crippen LogP contribution is 2.35. The molecule has 0 atom stereocenters. The van der Waals surface area contributed by atoms with Crippen LogP contribution in [-0.2, 0) is 33.4 Å². The molecule has 1 heterocycles. The van der Waals surface area contributed by atoms with Crippen LogP contribution in [0.2, 0.25) is 0 Å². The molecule has 0 aliphatic heterocycles. The van der Waals surface area contributed by atoms with Crippen LogP contribution in [-0.4, -0.2) is 81.4 Å². The Morgan fingerprint density at radius 2 is 1.26 bits per heavy atom. The van der Waals surface area contributed by atoms with Crippen molar-refractivity contribution in [2.75, 3.05) is 51.3 Å². The highest BCUT2D eigenvalue weighted by molar-refractivity contribution is 7.22. The lowest BCUT2D eigenvalue weighted by molar-refractivity contribution is -0.150. The molecule has 0 amide bonds. The third-order valence-electron chi connectivity index (χ3n) is 12.8. The number of aromatic nitrogens is 1. The number of carbonyl (C=O) groups is 4. The maximum Gasteiger partial charge on any atom is 0.330 e. The third kappa shape index (κ3) is 17.5. The second-order valence-electron chi connectivity index (χ2n) is 18.4. The normalized spacial score (nSPS) is 17.6. The topological polar surface area (TPSA) is 166 Å². The summed E-state index contributed by atoms with van der Waals surface area (Å²) in [7, 11) is 0. The van der Waals surface area contributed by atoms with Crippen LogP contribution in [0.1, 0.15) is 107 Å². The summed E-state index contributed by atoms with van der Waals surface area (Å²) in [5.41, 5.74) is 3.80. The predicted octanol–water partition coefficient (Wildman–Crippen LogP) is 11.3. The minimum atomic E-state index is -0.461. The van der Waals surface area contributed by atoms with E-state index in [2.05, 4.69) is 31.0 Å². The van der Waals surface area contributed by atoms with Crippen molar-refractivity contribution in [3.63, 3.8) is 0 Å². The van der Waals surface area contributed by atoms with E-state index in [0.717, 1.165) is 78.8 Å². The van der Waals surface area contributed by atoms with Crippen molar-refractivity contribution in [1.29, 1.82) is 0 Å². The fraction of sp³-hybridized carbons (Fsp3) is 0.482. The molecule has 72 heavy (non-hydrogen) atoms. The van der Waals surface area contributed by atoms with Crippen molar-refractivity contribution in [1.82, 2.24) is 4.98 Å². The van der Waals surface area contributed by atoms with Gasteiger partial charge in [-0.25, -0.2) is 21.1 Å². The van der Waals surface area contributed by atoms with Crippen molar-refractivity contribution >= 4 is 56.8 Å². The molecule has 4 aromatic rings. The van der Waals surface area contributed by atoms with E-state index >= 15 is 0 Å². The van der Waals surface area contributed by atoms with Crippen LogP contribution in [0, 0.1) is 44.1 Å². The van der Waals surface area contributed by atoms with Crippen LogP contribution in [0.3, 0.4) is 0 Å². The molecule has 0 bridgehead atoms. The van der Waals surface area contributed by atoms with Crippen LogP contribution < -0.4 is 24.0 Å². The molecule has 2 aliphatic carbocycles. The number of rotatable bonds is 28. The number of hydrazone groups is 1. The van der Waals surface area contributed by atoms with Crippen LogP contribution in [0.25, 0.3) is 15.1 Å². The number of benzene rings is 3. The maximum absolute atomic E-state index is 13.2. The molecular weight excluding hydrogens is 937 g/mol. The van der Waals surface area contributed by atoms with Gasteiger partial charge in [0.2, 0.25) is 5.13 Å². The number of hydrogen-bond donors (Lipinski definition) is 0. The summed E-state index contributed by atoms with van der Waals surface area (Å²) < 4.78 is 41.1. The summed E-state index contributed by atoms with van der Waals surface area (Å²) >= 11 is 1.50. The van der Waals surface area contributed by atoms with E-state index in [1.54, 1.807) is 23.4 Å². The zero-order chi connectivity index (χ0) is 51.1. The molecule has 3 aromatic carbocycles. The molecule has 0 spiro atoms. The number of unbranched alkanes of at least 4 members (excludes halogenated alkanes) is 4. The number of thiazole rings is 1. The van der Waals surface area contributed by atoms with Crippen LogP contribution >= 0.6 is 11.3 Å². The molecular formula is C56H68N4O11S. The minimum Gasteiger partial charge on any atom is -0.494 e. The molecule has 6 rings (SSSR count). The summed E-state index contributed by atoms with van der Waals surface area (Å²) in [5.74, 6) is 1.36. The second kappa shape index (κ2) is 29.0. The first-order valence-electron chi connectivity index (χ1n) is 25.1. The first-order valence-corrected chi connectivity index (χ1v) is 25.9. The number of aryl methyl sites for hydroxylation is 2. The highest BCUT2D eigenvalue weighted by Gasteiger charge is 2.30. The molecule has 2 saturated carbocycles. The Labute approximate surface area is 427 Å². The Balaban J connectivity index is 0.990. The maximum atomic E-state index is 13.2. The fourth-order valence-electron chi connectivity index (χ4n) is 8.73. The summed E-state index contributed by atoms with van der Waals surface area (Å²) in [6.45, 7) is 21.0. The molecule has 2 aliphatic rings. The smallest absolute Gasteiger partial charge is 0.330 e. The second-order valence-corrected chi connectivity index (χ2v) is 19.4. The first-order chi connectivity index (χ1) is 35.0. The van der Waals surface area contributed by atoms with Crippen molar-refractivity contribution in [2.45, 2.75) is 104 Å². The average molecular weight is 1010 g/mol. The van der Waals surface area contributed by atoms with Gasteiger partial charge in [-0.15, -0.1) is 0 Å². The summed E-state index contributed by atoms with van der Waals surface area (Å²) in [6.07, 6.45) is 14.9. The molecule has 384 valence electrons. The zero-order valence-electron chi connectivity index (χ0n) is 41.7. The number of esters is 4. The molecule has 1 aromatic heterocycles. The Kier molecular flexibility index (Phi) is 22.0. The summed E-state index contributed by atoms with van der Waals surface area (Å²) in [5, 5.41) is 7.01. The van der Waals surface area contributed by atoms with E-state index in [1.165, 1.54) is 17.4 Å². The van der Waals surface area contributed by atoms with Gasteiger partial charge in [0, 0.05) is 17.7 Å². The van der Waals surface area contributed by atoms with Gasteiger partial charge in [0.1, 0.15) is 23.0 Å². The molecule has 0 saturated heterocycles. The van der Waals surface area contributed by atoms with Gasteiger partial charge in [0.05, 0.1) is 67.9 Å². The Morgan fingerprint density at radius 3 is 1.90 bits per heavy atom. The van der Waals surface area contributed by atoms with Gasteiger partial charge in [0.15, 0.2) is 0 Å². The van der Waals surface area contributed by atoms with E-state index < -0.39 is 11.9 Å². The highest BCUT2D eigenvalue weighted by atomic mass is 32.1. The number of nitrogens with zero attached hydrogens (tertiary/aromatic N) is 4. The van der Waals surface area contributed by atoms with Gasteiger partial charge in [-0.1, -0.05) is 30.6 Å². The van der Waals surface area contributed by atoms with E-state index in [1.807, 2.05) is 43.3 Å². The monoisotopic (exact) mass is 1000 g/mol. The zero-order valence-corrected chi connectivity index (χ0v) is 42.5. The molecule has 0 unspecified atom stereocenters.